The first-order chi connectivity index (χ1) is 12.4. The lowest BCUT2D eigenvalue weighted by atomic mass is 10.1. The number of carboxylic acid groups (broad SMARTS) is 1. The first-order valence-corrected chi connectivity index (χ1v) is 8.80. The fourth-order valence-corrected chi connectivity index (χ4v) is 3.74. The number of para-hydroxylation sites is 1. The van der Waals surface area contributed by atoms with Crippen molar-refractivity contribution in [3.63, 3.8) is 0 Å². The van der Waals surface area contributed by atoms with Crippen molar-refractivity contribution in [2.24, 2.45) is 4.99 Å². The van der Waals surface area contributed by atoms with E-state index in [2.05, 4.69) is 4.99 Å². The molecule has 0 saturated carbocycles. The lowest BCUT2D eigenvalue weighted by molar-refractivity contribution is -0.140. The van der Waals surface area contributed by atoms with Crippen LogP contribution in [0.25, 0.3) is 10.2 Å². The Balaban J connectivity index is 2.24. The molecular formula is C19H18N2O4S. The molecule has 0 radical (unpaired) electrons. The molecule has 1 aromatic heterocycles. The first kappa shape index (κ1) is 17.9. The van der Waals surface area contributed by atoms with E-state index in [0.717, 1.165) is 10.3 Å². The number of hydrogen-bond acceptors (Lipinski definition) is 4. The van der Waals surface area contributed by atoms with Crippen molar-refractivity contribution in [3.05, 3.63) is 58.4 Å². The minimum Gasteiger partial charge on any atom is -0.495 e. The Kier molecular flexibility index (Phi) is 4.90. The maximum atomic E-state index is 12.5. The van der Waals surface area contributed by atoms with E-state index in [1.54, 1.807) is 25.1 Å². The van der Waals surface area contributed by atoms with Gasteiger partial charge in [-0.25, -0.2) is 4.79 Å². The number of hydrogen-bond donors (Lipinski definition) is 1. The van der Waals surface area contributed by atoms with Crippen LogP contribution < -0.4 is 9.54 Å². The summed E-state index contributed by atoms with van der Waals surface area (Å²) in [5.41, 5.74) is 2.11. The molecule has 1 heterocycles. The molecule has 1 amide bonds. The maximum absolute atomic E-state index is 12.5. The molecule has 3 rings (SSSR count). The van der Waals surface area contributed by atoms with Gasteiger partial charge in [-0.15, -0.1) is 0 Å². The van der Waals surface area contributed by atoms with Crippen molar-refractivity contribution in [1.82, 2.24) is 4.57 Å². The first-order valence-electron chi connectivity index (χ1n) is 7.99. The number of nitrogens with zero attached hydrogens (tertiary/aromatic N) is 2. The molecule has 1 N–H and O–H groups in total. The molecule has 0 aliphatic heterocycles. The molecule has 26 heavy (non-hydrogen) atoms. The van der Waals surface area contributed by atoms with Crippen LogP contribution >= 0.6 is 11.3 Å². The zero-order chi connectivity index (χ0) is 18.8. The summed E-state index contributed by atoms with van der Waals surface area (Å²) in [6, 6.07) is 11.6. The predicted molar refractivity (Wildman–Crippen MR) is 99.8 cm³/mol. The summed E-state index contributed by atoms with van der Waals surface area (Å²) < 4.78 is 7.71. The second-order valence-electron chi connectivity index (χ2n) is 5.86. The number of rotatable bonds is 4. The zero-order valence-corrected chi connectivity index (χ0v) is 15.4. The maximum Gasteiger partial charge on any atom is 0.326 e. The summed E-state index contributed by atoms with van der Waals surface area (Å²) in [5, 5.41) is 9.50. The highest BCUT2D eigenvalue weighted by atomic mass is 32.1. The number of aliphatic carboxylic acids is 1. The van der Waals surface area contributed by atoms with E-state index >= 15 is 0 Å². The number of benzene rings is 2. The van der Waals surface area contributed by atoms with Crippen LogP contribution in [0.3, 0.4) is 0 Å². The smallest absolute Gasteiger partial charge is 0.326 e. The number of fused-ring (bicyclic) bond motifs is 1. The predicted octanol–water partition coefficient (Wildman–Crippen LogP) is 3.41. The minimum atomic E-state index is -1.01. The number of amides is 1. The lowest BCUT2D eigenvalue weighted by Gasteiger charge is -2.12. The number of thiazole rings is 1. The molecule has 0 fully saturated rings. The van der Waals surface area contributed by atoms with E-state index in [9.17, 15) is 14.7 Å². The Morgan fingerprint density at radius 1 is 1.19 bits per heavy atom. The van der Waals surface area contributed by atoms with E-state index < -0.39 is 17.9 Å². The molecule has 134 valence electrons. The Morgan fingerprint density at radius 3 is 2.50 bits per heavy atom. The van der Waals surface area contributed by atoms with Gasteiger partial charge in [0.05, 0.1) is 11.8 Å². The zero-order valence-electron chi connectivity index (χ0n) is 14.6. The van der Waals surface area contributed by atoms with Crippen LogP contribution in [0.2, 0.25) is 0 Å². The molecule has 7 heteroatoms. The molecule has 0 bridgehead atoms. The fraction of sp³-hybridized carbons (Fsp3) is 0.211. The molecule has 0 aliphatic carbocycles. The van der Waals surface area contributed by atoms with Gasteiger partial charge in [-0.2, -0.15) is 4.99 Å². The summed E-state index contributed by atoms with van der Waals surface area (Å²) in [5.74, 6) is -0.891. The molecule has 0 aliphatic rings. The topological polar surface area (TPSA) is 80.9 Å². The molecule has 0 saturated heterocycles. The second kappa shape index (κ2) is 7.13. The van der Waals surface area contributed by atoms with Crippen molar-refractivity contribution < 1.29 is 19.4 Å². The average Bonchev–Trinajstić information content (AvgIpc) is 2.99. The molecule has 1 atom stereocenters. The van der Waals surface area contributed by atoms with Crippen LogP contribution in [0.15, 0.2) is 47.5 Å². The van der Waals surface area contributed by atoms with Crippen LogP contribution in [-0.2, 0) is 4.79 Å². The summed E-state index contributed by atoms with van der Waals surface area (Å²) in [6.07, 6.45) is 0. The lowest BCUT2D eigenvalue weighted by Crippen LogP contribution is -2.25. The highest BCUT2D eigenvalue weighted by Gasteiger charge is 2.21. The highest BCUT2D eigenvalue weighted by molar-refractivity contribution is 7.16. The molecule has 6 nitrogen and oxygen atoms in total. The van der Waals surface area contributed by atoms with Gasteiger partial charge in [0.15, 0.2) is 4.80 Å². The van der Waals surface area contributed by atoms with Crippen LogP contribution in [0.4, 0.5) is 0 Å². The van der Waals surface area contributed by atoms with Crippen molar-refractivity contribution in [3.8, 4) is 5.75 Å². The number of carbonyl (C=O) groups is 2. The summed E-state index contributed by atoms with van der Waals surface area (Å²) in [7, 11) is 1.52. The largest absolute Gasteiger partial charge is 0.495 e. The number of aromatic nitrogens is 1. The quantitative estimate of drug-likeness (QED) is 0.763. The summed E-state index contributed by atoms with van der Waals surface area (Å²) >= 11 is 1.26. The van der Waals surface area contributed by atoms with Crippen LogP contribution in [-0.4, -0.2) is 28.7 Å². The second-order valence-corrected chi connectivity index (χ2v) is 6.87. The van der Waals surface area contributed by atoms with E-state index in [4.69, 9.17) is 4.74 Å². The number of carbonyl (C=O) groups excluding carboxylic acids is 1. The molecule has 1 unspecified atom stereocenters. The van der Waals surface area contributed by atoms with Gasteiger partial charge in [-0.3, -0.25) is 9.36 Å². The van der Waals surface area contributed by atoms with Crippen molar-refractivity contribution in [2.75, 3.05) is 7.11 Å². The Hall–Kier alpha value is -2.93. The number of ether oxygens (including phenoxy) is 1. The van der Waals surface area contributed by atoms with E-state index in [0.29, 0.717) is 21.6 Å². The SMILES string of the molecule is COc1cccc2sc(=NC(=O)c3ccc(C)cc3)n(C(C)C(=O)O)c12. The monoisotopic (exact) mass is 370 g/mol. The Bertz CT molecular complexity index is 1050. The third-order valence-electron chi connectivity index (χ3n) is 4.07. The fourth-order valence-electron chi connectivity index (χ4n) is 2.62. The van der Waals surface area contributed by atoms with Gasteiger partial charge in [-0.1, -0.05) is 35.1 Å². The third-order valence-corrected chi connectivity index (χ3v) is 5.09. The van der Waals surface area contributed by atoms with Crippen molar-refractivity contribution in [1.29, 1.82) is 0 Å². The normalized spacial score (nSPS) is 13.0. The Labute approximate surface area is 154 Å². The van der Waals surface area contributed by atoms with Crippen molar-refractivity contribution in [2.45, 2.75) is 19.9 Å². The van der Waals surface area contributed by atoms with Crippen molar-refractivity contribution >= 4 is 33.4 Å². The van der Waals surface area contributed by atoms with E-state index in [1.165, 1.54) is 23.0 Å². The molecule has 3 aromatic rings. The van der Waals surface area contributed by atoms with Gasteiger partial charge in [0.1, 0.15) is 17.3 Å². The van der Waals surface area contributed by atoms with Gasteiger partial charge in [-0.05, 0) is 38.1 Å². The van der Waals surface area contributed by atoms with Crippen LogP contribution in [0, 0.1) is 6.92 Å². The Morgan fingerprint density at radius 2 is 1.88 bits per heavy atom. The average molecular weight is 370 g/mol. The van der Waals surface area contributed by atoms with E-state index in [-0.39, 0.29) is 0 Å². The minimum absolute atomic E-state index is 0.324. The van der Waals surface area contributed by atoms with Gasteiger partial charge >= 0.3 is 5.97 Å². The number of carboxylic acids is 1. The van der Waals surface area contributed by atoms with Crippen LogP contribution in [0.1, 0.15) is 28.9 Å². The number of aryl methyl sites for hydroxylation is 1. The summed E-state index contributed by atoms with van der Waals surface area (Å²) in [4.78, 5) is 28.7. The molecule has 2 aromatic carbocycles. The summed E-state index contributed by atoms with van der Waals surface area (Å²) in [6.45, 7) is 3.49. The standard InChI is InChI=1S/C19H18N2O4S/c1-11-7-9-13(10-8-11)17(22)20-19-21(12(2)18(23)24)16-14(25-3)5-4-6-15(16)26-19/h4-10,12H,1-3H3,(H,23,24). The van der Waals surface area contributed by atoms with Gasteiger partial charge < -0.3 is 9.84 Å². The highest BCUT2D eigenvalue weighted by Crippen LogP contribution is 2.29. The number of methoxy groups -OCH3 is 1. The molecular weight excluding hydrogens is 352 g/mol. The van der Waals surface area contributed by atoms with E-state index in [1.807, 2.05) is 31.2 Å². The van der Waals surface area contributed by atoms with Gasteiger partial charge in [0, 0.05) is 5.56 Å². The third kappa shape index (κ3) is 3.25. The molecule has 0 spiro atoms. The van der Waals surface area contributed by atoms with Crippen LogP contribution in [0.5, 0.6) is 5.75 Å². The van der Waals surface area contributed by atoms with Gasteiger partial charge in [0.25, 0.3) is 5.91 Å². The van der Waals surface area contributed by atoms with Gasteiger partial charge in [0.2, 0.25) is 0 Å².